The first-order chi connectivity index (χ1) is 16.3. The SMILES string of the molecule is C=CC=C(C=CC)n1c2ccccc2c2cc(-c3ccc4oc5ccccc5c4c3)ccc21. The molecule has 0 aliphatic carbocycles. The third-order valence-electron chi connectivity index (χ3n) is 6.27. The molecule has 2 heteroatoms. The molecule has 0 N–H and O–H groups in total. The monoisotopic (exact) mass is 425 g/mol. The predicted molar refractivity (Wildman–Crippen MR) is 141 cm³/mol. The van der Waals surface area contributed by atoms with Crippen LogP contribution in [-0.2, 0) is 0 Å². The van der Waals surface area contributed by atoms with E-state index in [1.807, 2.05) is 25.1 Å². The maximum Gasteiger partial charge on any atom is 0.135 e. The van der Waals surface area contributed by atoms with Gasteiger partial charge >= 0.3 is 0 Å². The molecule has 0 atom stereocenters. The van der Waals surface area contributed by atoms with E-state index >= 15 is 0 Å². The number of benzene rings is 4. The lowest BCUT2D eigenvalue weighted by molar-refractivity contribution is 0.669. The molecule has 6 aromatic rings. The molecule has 2 nitrogen and oxygen atoms in total. The van der Waals surface area contributed by atoms with Gasteiger partial charge in [-0.2, -0.15) is 0 Å². The fraction of sp³-hybridized carbons (Fsp3) is 0.0323. The zero-order valence-electron chi connectivity index (χ0n) is 18.5. The minimum absolute atomic E-state index is 0.920. The summed E-state index contributed by atoms with van der Waals surface area (Å²) in [7, 11) is 0. The average molecular weight is 426 g/mol. The Balaban J connectivity index is 1.60. The van der Waals surface area contributed by atoms with E-state index in [-0.39, 0.29) is 0 Å². The van der Waals surface area contributed by atoms with Crippen molar-refractivity contribution >= 4 is 49.4 Å². The first-order valence-electron chi connectivity index (χ1n) is 11.2. The van der Waals surface area contributed by atoms with E-state index in [0.29, 0.717) is 0 Å². The Morgan fingerprint density at radius 3 is 2.21 bits per heavy atom. The lowest BCUT2D eigenvalue weighted by atomic mass is 10.0. The van der Waals surface area contributed by atoms with Crippen molar-refractivity contribution in [3.63, 3.8) is 0 Å². The van der Waals surface area contributed by atoms with Crippen molar-refractivity contribution in [2.45, 2.75) is 6.92 Å². The van der Waals surface area contributed by atoms with Gasteiger partial charge in [-0.25, -0.2) is 0 Å². The van der Waals surface area contributed by atoms with Gasteiger partial charge in [0.15, 0.2) is 0 Å². The smallest absolute Gasteiger partial charge is 0.135 e. The van der Waals surface area contributed by atoms with Crippen molar-refractivity contribution in [3.05, 3.63) is 116 Å². The van der Waals surface area contributed by atoms with E-state index in [1.165, 1.54) is 32.9 Å². The quantitative estimate of drug-likeness (QED) is 0.258. The van der Waals surface area contributed by atoms with Gasteiger partial charge in [0.1, 0.15) is 11.2 Å². The number of allylic oxidation sites excluding steroid dienone is 5. The van der Waals surface area contributed by atoms with Gasteiger partial charge in [-0.15, -0.1) is 0 Å². The molecule has 4 aromatic carbocycles. The second kappa shape index (κ2) is 7.68. The van der Waals surface area contributed by atoms with Gasteiger partial charge in [0.05, 0.1) is 11.0 Å². The molecular formula is C31H23NO. The van der Waals surface area contributed by atoms with Crippen LogP contribution < -0.4 is 0 Å². The molecule has 2 aromatic heterocycles. The van der Waals surface area contributed by atoms with E-state index in [1.54, 1.807) is 0 Å². The van der Waals surface area contributed by atoms with Crippen LogP contribution in [0, 0.1) is 0 Å². The molecule has 0 saturated carbocycles. The predicted octanol–water partition coefficient (Wildman–Crippen LogP) is 8.96. The van der Waals surface area contributed by atoms with Crippen LogP contribution in [0.25, 0.3) is 60.6 Å². The standard InChI is InChI=1S/C31H23NO/c1-3-9-23(10-4-2)32-28-13-7-5-11-24(28)26-19-21(15-17-29(26)32)22-16-18-31-27(20-22)25-12-6-8-14-30(25)33-31/h3-20H,1H2,2H3. The van der Waals surface area contributed by atoms with E-state index in [2.05, 4.69) is 102 Å². The normalized spacial score (nSPS) is 12.6. The molecule has 0 saturated heterocycles. The Kier molecular flexibility index (Phi) is 4.51. The molecule has 0 amide bonds. The van der Waals surface area contributed by atoms with Gasteiger partial charge in [-0.1, -0.05) is 67.3 Å². The summed E-state index contributed by atoms with van der Waals surface area (Å²) in [5.74, 6) is 0. The molecule has 2 heterocycles. The van der Waals surface area contributed by atoms with Gasteiger partial charge in [-0.05, 0) is 66.6 Å². The molecule has 0 spiro atoms. The van der Waals surface area contributed by atoms with Crippen molar-refractivity contribution in [1.29, 1.82) is 0 Å². The molecule has 0 aliphatic rings. The lowest BCUT2D eigenvalue weighted by Crippen LogP contribution is -1.94. The van der Waals surface area contributed by atoms with Crippen LogP contribution in [-0.4, -0.2) is 4.57 Å². The number of fused-ring (bicyclic) bond motifs is 6. The zero-order chi connectivity index (χ0) is 22.4. The summed E-state index contributed by atoms with van der Waals surface area (Å²) in [6, 6.07) is 30.0. The first-order valence-corrected chi connectivity index (χ1v) is 11.2. The fourth-order valence-electron chi connectivity index (χ4n) is 4.83. The van der Waals surface area contributed by atoms with Crippen molar-refractivity contribution in [3.8, 4) is 11.1 Å². The summed E-state index contributed by atoms with van der Waals surface area (Å²) < 4.78 is 8.33. The van der Waals surface area contributed by atoms with Gasteiger partial charge in [0.25, 0.3) is 0 Å². The topological polar surface area (TPSA) is 18.1 Å². The van der Waals surface area contributed by atoms with E-state index in [4.69, 9.17) is 4.42 Å². The molecule has 0 fully saturated rings. The molecule has 33 heavy (non-hydrogen) atoms. The highest BCUT2D eigenvalue weighted by atomic mass is 16.3. The van der Waals surface area contributed by atoms with Crippen molar-refractivity contribution < 1.29 is 4.42 Å². The first kappa shape index (κ1) is 19.4. The van der Waals surface area contributed by atoms with E-state index in [0.717, 1.165) is 27.6 Å². The second-order valence-electron chi connectivity index (χ2n) is 8.22. The molecular weight excluding hydrogens is 402 g/mol. The highest BCUT2D eigenvalue weighted by molar-refractivity contribution is 6.12. The Morgan fingerprint density at radius 1 is 0.727 bits per heavy atom. The highest BCUT2D eigenvalue weighted by Gasteiger charge is 2.14. The van der Waals surface area contributed by atoms with Crippen molar-refractivity contribution in [2.24, 2.45) is 0 Å². The second-order valence-corrected chi connectivity index (χ2v) is 8.22. The zero-order valence-corrected chi connectivity index (χ0v) is 18.5. The maximum absolute atomic E-state index is 6.02. The van der Waals surface area contributed by atoms with Gasteiger partial charge in [0.2, 0.25) is 0 Å². The van der Waals surface area contributed by atoms with Gasteiger partial charge in [0, 0.05) is 27.2 Å². The number of furan rings is 1. The number of nitrogens with zero attached hydrogens (tertiary/aromatic N) is 1. The Hall–Kier alpha value is -4.30. The molecule has 0 aliphatic heterocycles. The molecule has 158 valence electrons. The third kappa shape index (κ3) is 3.03. The van der Waals surface area contributed by atoms with Crippen LogP contribution in [0.2, 0.25) is 0 Å². The summed E-state index contributed by atoms with van der Waals surface area (Å²) in [4.78, 5) is 0. The number of hydrogen-bond acceptors (Lipinski definition) is 1. The molecule has 0 bridgehead atoms. The minimum atomic E-state index is 0.920. The van der Waals surface area contributed by atoms with Crippen molar-refractivity contribution in [2.75, 3.05) is 0 Å². The van der Waals surface area contributed by atoms with Crippen molar-refractivity contribution in [1.82, 2.24) is 4.57 Å². The van der Waals surface area contributed by atoms with Crippen LogP contribution in [0.15, 0.2) is 120 Å². The lowest BCUT2D eigenvalue weighted by Gasteiger charge is -2.09. The summed E-state index contributed by atoms with van der Waals surface area (Å²) in [6.07, 6.45) is 8.08. The van der Waals surface area contributed by atoms with Gasteiger partial charge < -0.3 is 8.98 Å². The number of para-hydroxylation sites is 2. The summed E-state index contributed by atoms with van der Waals surface area (Å²) in [5, 5.41) is 4.77. The van der Waals surface area contributed by atoms with Crippen LogP contribution in [0.1, 0.15) is 6.92 Å². The summed E-state index contributed by atoms with van der Waals surface area (Å²) in [5.41, 5.74) is 7.68. The summed E-state index contributed by atoms with van der Waals surface area (Å²) in [6.45, 7) is 5.96. The summed E-state index contributed by atoms with van der Waals surface area (Å²) >= 11 is 0. The number of hydrogen-bond donors (Lipinski definition) is 0. The van der Waals surface area contributed by atoms with Crippen LogP contribution in [0.5, 0.6) is 0 Å². The largest absolute Gasteiger partial charge is 0.456 e. The Morgan fingerprint density at radius 2 is 1.39 bits per heavy atom. The maximum atomic E-state index is 6.02. The van der Waals surface area contributed by atoms with Crippen LogP contribution >= 0.6 is 0 Å². The number of aromatic nitrogens is 1. The van der Waals surface area contributed by atoms with Crippen LogP contribution in [0.4, 0.5) is 0 Å². The fourth-order valence-corrected chi connectivity index (χ4v) is 4.83. The van der Waals surface area contributed by atoms with E-state index in [9.17, 15) is 0 Å². The number of rotatable bonds is 4. The minimum Gasteiger partial charge on any atom is -0.456 e. The third-order valence-corrected chi connectivity index (χ3v) is 6.27. The molecule has 0 unspecified atom stereocenters. The Labute approximate surface area is 192 Å². The highest BCUT2D eigenvalue weighted by Crippen LogP contribution is 2.37. The van der Waals surface area contributed by atoms with E-state index < -0.39 is 0 Å². The Bertz CT molecular complexity index is 1740. The average Bonchev–Trinajstić information content (AvgIpc) is 3.39. The molecule has 6 rings (SSSR count). The molecule has 0 radical (unpaired) electrons. The van der Waals surface area contributed by atoms with Gasteiger partial charge in [-0.3, -0.25) is 0 Å². The van der Waals surface area contributed by atoms with Crippen LogP contribution in [0.3, 0.4) is 0 Å².